The lowest BCUT2D eigenvalue weighted by atomic mass is 10.1. The van der Waals surface area contributed by atoms with Gasteiger partial charge in [0.05, 0.1) is 6.20 Å². The summed E-state index contributed by atoms with van der Waals surface area (Å²) in [5.74, 6) is 1.27. The quantitative estimate of drug-likeness (QED) is 0.563. The van der Waals surface area contributed by atoms with Crippen LogP contribution in [0.3, 0.4) is 0 Å². The number of nitrogens with two attached hydrogens (primary N) is 1. The van der Waals surface area contributed by atoms with Crippen LogP contribution in [0, 0.1) is 6.92 Å². The van der Waals surface area contributed by atoms with Crippen molar-refractivity contribution in [2.24, 2.45) is 5.73 Å². The van der Waals surface area contributed by atoms with Crippen molar-refractivity contribution in [1.29, 1.82) is 0 Å². The summed E-state index contributed by atoms with van der Waals surface area (Å²) in [6.07, 6.45) is 2.55. The molecule has 3 rings (SSSR count). The molecular formula is C20H28ClN7. The Bertz CT molecular complexity index is 952. The first-order valence-corrected chi connectivity index (χ1v) is 9.80. The summed E-state index contributed by atoms with van der Waals surface area (Å²) in [4.78, 5) is 13.8. The maximum absolute atomic E-state index is 6.21. The monoisotopic (exact) mass is 401 g/mol. The average Bonchev–Trinajstić information content (AvgIpc) is 2.86. The number of anilines is 3. The minimum Gasteiger partial charge on any atom is -0.350 e. The van der Waals surface area contributed by atoms with E-state index >= 15 is 0 Å². The molecule has 0 saturated heterocycles. The fourth-order valence-corrected chi connectivity index (χ4v) is 3.18. The fourth-order valence-electron chi connectivity index (χ4n) is 2.89. The molecule has 0 spiro atoms. The van der Waals surface area contributed by atoms with Crippen molar-refractivity contribution in [2.45, 2.75) is 59.2 Å². The molecule has 150 valence electrons. The maximum atomic E-state index is 6.21. The number of benzene rings is 1. The minimum atomic E-state index is -0.135. The Hall–Kier alpha value is -2.38. The van der Waals surface area contributed by atoms with E-state index < -0.39 is 0 Å². The molecule has 0 aliphatic rings. The molecule has 0 aliphatic carbocycles. The molecule has 1 unspecified atom stereocenters. The highest BCUT2D eigenvalue weighted by Gasteiger charge is 2.17. The predicted molar refractivity (Wildman–Crippen MR) is 116 cm³/mol. The number of nitrogens with one attached hydrogen (secondary N) is 2. The highest BCUT2D eigenvalue weighted by atomic mass is 35.5. The first kappa shape index (κ1) is 20.4. The largest absolute Gasteiger partial charge is 0.350 e. The Balaban J connectivity index is 2.03. The standard InChI is InChI=1S/C20H28ClN7/c1-12-8-14(21)10-15(9-12)24-19-25-16-11-23-18(27-20(3,4)5)26-17(16)28(19)7-6-13(2)22/h8-11,13H,6-7,22H2,1-5H3,(H,24,25)(H,23,26,27). The molecule has 3 aromatic rings. The van der Waals surface area contributed by atoms with Gasteiger partial charge < -0.3 is 16.4 Å². The zero-order valence-corrected chi connectivity index (χ0v) is 17.8. The van der Waals surface area contributed by atoms with Crippen LogP contribution in [0.15, 0.2) is 24.4 Å². The minimum absolute atomic E-state index is 0.0766. The van der Waals surface area contributed by atoms with Crippen molar-refractivity contribution in [3.63, 3.8) is 0 Å². The van der Waals surface area contributed by atoms with Gasteiger partial charge in [-0.3, -0.25) is 4.57 Å². The summed E-state index contributed by atoms with van der Waals surface area (Å²) in [6, 6.07) is 5.90. The summed E-state index contributed by atoms with van der Waals surface area (Å²) in [6.45, 7) is 10.9. The zero-order chi connectivity index (χ0) is 20.5. The molecule has 4 N–H and O–H groups in total. The van der Waals surface area contributed by atoms with E-state index in [1.807, 2.05) is 36.6 Å². The van der Waals surface area contributed by atoms with Crippen LogP contribution in [0.1, 0.15) is 39.7 Å². The number of imidazole rings is 1. The summed E-state index contributed by atoms with van der Waals surface area (Å²) < 4.78 is 2.05. The van der Waals surface area contributed by atoms with Crippen LogP contribution < -0.4 is 16.4 Å². The average molecular weight is 402 g/mol. The summed E-state index contributed by atoms with van der Waals surface area (Å²) >= 11 is 6.21. The second kappa shape index (κ2) is 7.93. The van der Waals surface area contributed by atoms with Crippen LogP contribution in [-0.2, 0) is 6.54 Å². The Morgan fingerprint density at radius 3 is 2.61 bits per heavy atom. The van der Waals surface area contributed by atoms with E-state index in [2.05, 4.69) is 36.4 Å². The highest BCUT2D eigenvalue weighted by Crippen LogP contribution is 2.26. The normalized spacial score (nSPS) is 13.0. The number of hydrogen-bond donors (Lipinski definition) is 3. The Morgan fingerprint density at radius 2 is 1.96 bits per heavy atom. The van der Waals surface area contributed by atoms with E-state index in [9.17, 15) is 0 Å². The van der Waals surface area contributed by atoms with Gasteiger partial charge in [-0.2, -0.15) is 4.98 Å². The molecule has 2 aromatic heterocycles. The molecule has 7 nitrogen and oxygen atoms in total. The van der Waals surface area contributed by atoms with E-state index in [1.54, 1.807) is 6.20 Å². The van der Waals surface area contributed by atoms with E-state index in [0.717, 1.165) is 28.8 Å². The van der Waals surface area contributed by atoms with Crippen LogP contribution >= 0.6 is 11.6 Å². The Labute approximate surface area is 170 Å². The SMILES string of the molecule is Cc1cc(Cl)cc(Nc2nc3cnc(NC(C)(C)C)nc3n2CCC(C)N)c1. The Morgan fingerprint density at radius 1 is 1.21 bits per heavy atom. The second-order valence-corrected chi connectivity index (χ2v) is 8.71. The van der Waals surface area contributed by atoms with Gasteiger partial charge in [0.15, 0.2) is 5.65 Å². The van der Waals surface area contributed by atoms with Crippen LogP contribution in [0.5, 0.6) is 0 Å². The van der Waals surface area contributed by atoms with E-state index in [4.69, 9.17) is 27.3 Å². The molecule has 1 atom stereocenters. The van der Waals surface area contributed by atoms with E-state index in [-0.39, 0.29) is 11.6 Å². The summed E-state index contributed by atoms with van der Waals surface area (Å²) in [5.41, 5.74) is 9.30. The summed E-state index contributed by atoms with van der Waals surface area (Å²) in [7, 11) is 0. The molecule has 1 aromatic carbocycles. The van der Waals surface area contributed by atoms with Gasteiger partial charge in [0, 0.05) is 28.8 Å². The number of fused-ring (bicyclic) bond motifs is 1. The van der Waals surface area contributed by atoms with E-state index in [0.29, 0.717) is 23.5 Å². The van der Waals surface area contributed by atoms with Gasteiger partial charge in [0.1, 0.15) is 5.52 Å². The van der Waals surface area contributed by atoms with Crippen molar-refractivity contribution in [3.8, 4) is 0 Å². The van der Waals surface area contributed by atoms with Crippen LogP contribution in [0.4, 0.5) is 17.6 Å². The molecule has 2 heterocycles. The third-order valence-electron chi connectivity index (χ3n) is 4.08. The lowest BCUT2D eigenvalue weighted by Gasteiger charge is -2.20. The van der Waals surface area contributed by atoms with Gasteiger partial charge in [-0.1, -0.05) is 11.6 Å². The van der Waals surface area contributed by atoms with Crippen LogP contribution in [0.2, 0.25) is 5.02 Å². The third kappa shape index (κ3) is 5.11. The molecule has 0 amide bonds. The van der Waals surface area contributed by atoms with Crippen molar-refractivity contribution < 1.29 is 0 Å². The zero-order valence-electron chi connectivity index (χ0n) is 17.0. The van der Waals surface area contributed by atoms with Crippen molar-refractivity contribution in [3.05, 3.63) is 35.0 Å². The fraction of sp³-hybridized carbons (Fsp3) is 0.450. The maximum Gasteiger partial charge on any atom is 0.225 e. The smallest absolute Gasteiger partial charge is 0.225 e. The lowest BCUT2D eigenvalue weighted by Crippen LogP contribution is -2.27. The van der Waals surface area contributed by atoms with Gasteiger partial charge in [0.2, 0.25) is 11.9 Å². The van der Waals surface area contributed by atoms with Gasteiger partial charge in [-0.05, 0) is 64.8 Å². The van der Waals surface area contributed by atoms with Crippen molar-refractivity contribution in [2.75, 3.05) is 10.6 Å². The number of hydrogen-bond acceptors (Lipinski definition) is 6. The van der Waals surface area contributed by atoms with Gasteiger partial charge in [-0.15, -0.1) is 0 Å². The van der Waals surface area contributed by atoms with Crippen molar-refractivity contribution >= 4 is 40.3 Å². The van der Waals surface area contributed by atoms with Gasteiger partial charge in [-0.25, -0.2) is 9.97 Å². The molecule has 0 bridgehead atoms. The van der Waals surface area contributed by atoms with Crippen molar-refractivity contribution in [1.82, 2.24) is 19.5 Å². The summed E-state index contributed by atoms with van der Waals surface area (Å²) in [5, 5.41) is 7.36. The first-order valence-electron chi connectivity index (χ1n) is 9.42. The topological polar surface area (TPSA) is 93.7 Å². The molecule has 0 saturated carbocycles. The molecule has 8 heteroatoms. The molecule has 28 heavy (non-hydrogen) atoms. The number of rotatable bonds is 6. The number of nitrogens with zero attached hydrogens (tertiary/aromatic N) is 4. The second-order valence-electron chi connectivity index (χ2n) is 8.27. The Kier molecular flexibility index (Phi) is 5.76. The third-order valence-corrected chi connectivity index (χ3v) is 4.30. The number of aromatic nitrogens is 4. The highest BCUT2D eigenvalue weighted by molar-refractivity contribution is 6.30. The number of halogens is 1. The predicted octanol–water partition coefficient (Wildman–Crippen LogP) is 4.48. The van der Waals surface area contributed by atoms with Gasteiger partial charge >= 0.3 is 0 Å². The molecule has 0 radical (unpaired) electrons. The lowest BCUT2D eigenvalue weighted by molar-refractivity contribution is 0.581. The van der Waals surface area contributed by atoms with Gasteiger partial charge in [0.25, 0.3) is 0 Å². The number of aryl methyl sites for hydroxylation is 2. The van der Waals surface area contributed by atoms with Crippen LogP contribution in [-0.4, -0.2) is 31.1 Å². The van der Waals surface area contributed by atoms with E-state index in [1.165, 1.54) is 0 Å². The molecule has 0 aliphatic heterocycles. The van der Waals surface area contributed by atoms with Crippen LogP contribution in [0.25, 0.3) is 11.2 Å². The first-order chi connectivity index (χ1) is 13.1. The molecular weight excluding hydrogens is 374 g/mol. The molecule has 0 fully saturated rings.